The van der Waals surface area contributed by atoms with Crippen molar-refractivity contribution in [2.24, 2.45) is 0 Å². The molecule has 0 spiro atoms. The van der Waals surface area contributed by atoms with Gasteiger partial charge in [0, 0.05) is 6.04 Å². The third-order valence-electron chi connectivity index (χ3n) is 3.38. The first-order valence-corrected chi connectivity index (χ1v) is 7.75. The summed E-state index contributed by atoms with van der Waals surface area (Å²) < 4.78 is 5.26. The zero-order valence-electron chi connectivity index (χ0n) is 10.9. The quantitative estimate of drug-likeness (QED) is 0.889. The van der Waals surface area contributed by atoms with Crippen LogP contribution in [-0.4, -0.2) is 17.2 Å². The topological polar surface area (TPSA) is 42.2 Å². The molecule has 0 saturated heterocycles. The molecule has 1 unspecified atom stereocenters. The molecule has 18 heavy (non-hydrogen) atoms. The fraction of sp³-hybridized carbons (Fsp3) is 0.643. The summed E-state index contributed by atoms with van der Waals surface area (Å²) in [6.45, 7) is 1.96. The van der Waals surface area contributed by atoms with Crippen molar-refractivity contribution in [1.82, 2.24) is 5.32 Å². The normalized spacial score (nSPS) is 18.5. The molecule has 0 aromatic carbocycles. The van der Waals surface area contributed by atoms with Crippen LogP contribution in [0.15, 0.2) is 22.8 Å². The molecule has 1 heterocycles. The average molecular weight is 267 g/mol. The first kappa shape index (κ1) is 13.5. The van der Waals surface area contributed by atoms with E-state index in [1.54, 1.807) is 18.0 Å². The van der Waals surface area contributed by atoms with Crippen LogP contribution in [0.5, 0.6) is 0 Å². The summed E-state index contributed by atoms with van der Waals surface area (Å²) in [5, 5.41) is 3.14. The summed E-state index contributed by atoms with van der Waals surface area (Å²) in [6.07, 6.45) is 7.76. The maximum absolute atomic E-state index is 12.0. The van der Waals surface area contributed by atoms with Crippen molar-refractivity contribution < 1.29 is 9.21 Å². The number of carbonyl (C=O) groups is 1. The van der Waals surface area contributed by atoms with Gasteiger partial charge in [-0.05, 0) is 31.9 Å². The summed E-state index contributed by atoms with van der Waals surface area (Å²) in [6, 6.07) is 4.22. The fourth-order valence-corrected chi connectivity index (χ4v) is 3.04. The van der Waals surface area contributed by atoms with Gasteiger partial charge < -0.3 is 9.73 Å². The number of rotatable bonds is 5. The highest BCUT2D eigenvalue weighted by atomic mass is 32.2. The molecule has 4 heteroatoms. The molecular formula is C14H21NO2S. The maximum Gasteiger partial charge on any atom is 0.233 e. The van der Waals surface area contributed by atoms with Crippen molar-refractivity contribution in [3.63, 3.8) is 0 Å². The third kappa shape index (κ3) is 4.09. The molecule has 0 bridgehead atoms. The molecule has 1 aromatic heterocycles. The molecule has 1 saturated carbocycles. The Morgan fingerprint density at radius 3 is 2.94 bits per heavy atom. The molecule has 1 fully saturated rings. The van der Waals surface area contributed by atoms with Crippen molar-refractivity contribution in [3.05, 3.63) is 24.2 Å². The summed E-state index contributed by atoms with van der Waals surface area (Å²) >= 11 is 1.63. The number of thioether (sulfide) groups is 1. The molecule has 1 N–H and O–H groups in total. The van der Waals surface area contributed by atoms with Crippen LogP contribution >= 0.6 is 11.8 Å². The lowest BCUT2D eigenvalue weighted by molar-refractivity contribution is -0.121. The monoisotopic (exact) mass is 267 g/mol. The van der Waals surface area contributed by atoms with Gasteiger partial charge >= 0.3 is 0 Å². The Bertz CT molecular complexity index is 358. The number of hydrogen-bond donors (Lipinski definition) is 1. The van der Waals surface area contributed by atoms with E-state index in [1.807, 2.05) is 19.1 Å². The second kappa shape index (κ2) is 6.88. The predicted octanol–water partition coefficient (Wildman–Crippen LogP) is 3.35. The lowest BCUT2D eigenvalue weighted by Crippen LogP contribution is -2.40. The maximum atomic E-state index is 12.0. The summed E-state index contributed by atoms with van der Waals surface area (Å²) in [4.78, 5) is 12.0. The Balaban J connectivity index is 1.70. The predicted molar refractivity (Wildman–Crippen MR) is 74.5 cm³/mol. The van der Waals surface area contributed by atoms with Gasteiger partial charge in [0.1, 0.15) is 5.76 Å². The van der Waals surface area contributed by atoms with E-state index in [9.17, 15) is 4.79 Å². The number of amides is 1. The largest absolute Gasteiger partial charge is 0.468 e. The second-order valence-electron chi connectivity index (χ2n) is 4.88. The molecule has 1 aromatic rings. The van der Waals surface area contributed by atoms with Gasteiger partial charge in [-0.2, -0.15) is 0 Å². The standard InChI is InChI=1S/C14H21NO2S/c1-11(18-10-13-8-5-9-17-13)14(16)15-12-6-3-2-4-7-12/h5,8-9,11-12H,2-4,6-7,10H2,1H3,(H,15,16). The van der Waals surface area contributed by atoms with Gasteiger partial charge in [-0.15, -0.1) is 11.8 Å². The van der Waals surface area contributed by atoms with E-state index in [-0.39, 0.29) is 11.2 Å². The SMILES string of the molecule is CC(SCc1ccco1)C(=O)NC1CCCCC1. The van der Waals surface area contributed by atoms with Gasteiger partial charge in [0.2, 0.25) is 5.91 Å². The Morgan fingerprint density at radius 1 is 1.50 bits per heavy atom. The average Bonchev–Trinajstić information content (AvgIpc) is 2.90. The molecule has 1 aliphatic rings. The van der Waals surface area contributed by atoms with Crippen LogP contribution < -0.4 is 5.32 Å². The van der Waals surface area contributed by atoms with Crippen molar-refractivity contribution in [3.8, 4) is 0 Å². The highest BCUT2D eigenvalue weighted by Gasteiger charge is 2.19. The van der Waals surface area contributed by atoms with Crippen LogP contribution in [0.1, 0.15) is 44.8 Å². The van der Waals surface area contributed by atoms with Gasteiger partial charge in [-0.3, -0.25) is 4.79 Å². The zero-order chi connectivity index (χ0) is 12.8. The molecule has 1 aliphatic carbocycles. The van der Waals surface area contributed by atoms with E-state index in [0.29, 0.717) is 6.04 Å². The first-order chi connectivity index (χ1) is 8.75. The van der Waals surface area contributed by atoms with Gasteiger partial charge in [-0.1, -0.05) is 19.3 Å². The van der Waals surface area contributed by atoms with Gasteiger partial charge in [0.15, 0.2) is 0 Å². The minimum atomic E-state index is -0.0166. The summed E-state index contributed by atoms with van der Waals surface area (Å²) in [5.41, 5.74) is 0. The Labute approximate surface area is 113 Å². The number of hydrogen-bond acceptors (Lipinski definition) is 3. The highest BCUT2D eigenvalue weighted by Crippen LogP contribution is 2.20. The van der Waals surface area contributed by atoms with Crippen molar-refractivity contribution >= 4 is 17.7 Å². The van der Waals surface area contributed by atoms with Crippen molar-refractivity contribution in [1.29, 1.82) is 0 Å². The number of carbonyl (C=O) groups excluding carboxylic acids is 1. The second-order valence-corrected chi connectivity index (χ2v) is 6.21. The summed E-state index contributed by atoms with van der Waals surface area (Å²) in [7, 11) is 0. The molecule has 0 aliphatic heterocycles. The van der Waals surface area contributed by atoms with E-state index in [2.05, 4.69) is 5.32 Å². The van der Waals surface area contributed by atoms with Crippen LogP contribution in [0.25, 0.3) is 0 Å². The van der Waals surface area contributed by atoms with Crippen LogP contribution in [-0.2, 0) is 10.5 Å². The molecule has 0 radical (unpaired) electrons. The smallest absolute Gasteiger partial charge is 0.233 e. The number of furan rings is 1. The van der Waals surface area contributed by atoms with E-state index in [0.717, 1.165) is 24.4 Å². The van der Waals surface area contributed by atoms with Crippen LogP contribution in [0.4, 0.5) is 0 Å². The Morgan fingerprint density at radius 2 is 2.28 bits per heavy atom. The van der Waals surface area contributed by atoms with Crippen molar-refractivity contribution in [2.45, 2.75) is 56.1 Å². The molecule has 1 amide bonds. The lowest BCUT2D eigenvalue weighted by atomic mass is 9.95. The molecule has 1 atom stereocenters. The van der Waals surface area contributed by atoms with Gasteiger partial charge in [0.05, 0.1) is 17.3 Å². The fourth-order valence-electron chi connectivity index (χ4n) is 2.24. The number of nitrogens with one attached hydrogen (secondary N) is 1. The van der Waals surface area contributed by atoms with E-state index in [4.69, 9.17) is 4.42 Å². The molecular weight excluding hydrogens is 246 g/mol. The molecule has 100 valence electrons. The Kier molecular flexibility index (Phi) is 5.17. The zero-order valence-corrected chi connectivity index (χ0v) is 11.7. The summed E-state index contributed by atoms with van der Waals surface area (Å²) in [5.74, 6) is 1.85. The van der Waals surface area contributed by atoms with E-state index >= 15 is 0 Å². The first-order valence-electron chi connectivity index (χ1n) is 6.70. The van der Waals surface area contributed by atoms with Crippen LogP contribution in [0.3, 0.4) is 0 Å². The van der Waals surface area contributed by atoms with E-state index < -0.39 is 0 Å². The minimum Gasteiger partial charge on any atom is -0.468 e. The molecule has 2 rings (SSSR count). The van der Waals surface area contributed by atoms with Crippen LogP contribution in [0, 0.1) is 0 Å². The third-order valence-corrected chi connectivity index (χ3v) is 4.54. The van der Waals surface area contributed by atoms with Gasteiger partial charge in [-0.25, -0.2) is 0 Å². The lowest BCUT2D eigenvalue weighted by Gasteiger charge is -2.24. The van der Waals surface area contributed by atoms with Gasteiger partial charge in [0.25, 0.3) is 0 Å². The molecule has 3 nitrogen and oxygen atoms in total. The Hall–Kier alpha value is -0.900. The van der Waals surface area contributed by atoms with Crippen LogP contribution in [0.2, 0.25) is 0 Å². The van der Waals surface area contributed by atoms with Crippen molar-refractivity contribution in [2.75, 3.05) is 0 Å². The van der Waals surface area contributed by atoms with E-state index in [1.165, 1.54) is 19.3 Å². The highest BCUT2D eigenvalue weighted by molar-refractivity contribution is 7.99. The minimum absolute atomic E-state index is 0.0166.